The van der Waals surface area contributed by atoms with E-state index in [4.69, 9.17) is 18.9 Å². The van der Waals surface area contributed by atoms with Crippen molar-refractivity contribution in [2.45, 2.75) is 0 Å². The Balaban J connectivity index is 1.90. The summed E-state index contributed by atoms with van der Waals surface area (Å²) in [6.07, 6.45) is 3.97. The minimum Gasteiger partial charge on any atom is -0.504 e. The Labute approximate surface area is 146 Å². The second kappa shape index (κ2) is 7.21. The number of rotatable bonds is 5. The fourth-order valence-electron chi connectivity index (χ4n) is 2.65. The highest BCUT2D eigenvalue weighted by atomic mass is 16.5. The normalized spacial score (nSPS) is 14.8. The van der Waals surface area contributed by atoms with Crippen molar-refractivity contribution in [2.75, 3.05) is 27.9 Å². The van der Waals surface area contributed by atoms with Gasteiger partial charge < -0.3 is 24.1 Å². The first-order valence-electron chi connectivity index (χ1n) is 7.79. The van der Waals surface area contributed by atoms with Crippen molar-refractivity contribution in [3.05, 3.63) is 59.2 Å². The highest BCUT2D eigenvalue weighted by Crippen LogP contribution is 2.35. The summed E-state index contributed by atoms with van der Waals surface area (Å²) in [5.41, 5.74) is 2.81. The van der Waals surface area contributed by atoms with Crippen LogP contribution in [0, 0.1) is 0 Å². The second-order valence-electron chi connectivity index (χ2n) is 5.51. The van der Waals surface area contributed by atoms with Gasteiger partial charge in [-0.25, -0.2) is 0 Å². The van der Waals surface area contributed by atoms with Gasteiger partial charge in [-0.1, -0.05) is 6.07 Å². The van der Waals surface area contributed by atoms with Crippen LogP contribution in [-0.4, -0.2) is 33.0 Å². The average molecular weight is 340 g/mol. The number of phenols is 1. The molecule has 0 aliphatic carbocycles. The number of hydrogen-bond acceptors (Lipinski definition) is 5. The van der Waals surface area contributed by atoms with E-state index in [1.54, 1.807) is 26.4 Å². The number of phenolic OH excluding ortho intramolecular Hbond substituents is 1. The lowest BCUT2D eigenvalue weighted by Gasteiger charge is -2.10. The number of benzene rings is 2. The third-order valence-corrected chi connectivity index (χ3v) is 3.94. The molecular weight excluding hydrogens is 320 g/mol. The van der Waals surface area contributed by atoms with Gasteiger partial charge in [-0.3, -0.25) is 0 Å². The van der Waals surface area contributed by atoms with Gasteiger partial charge in [0.05, 0.1) is 26.9 Å². The van der Waals surface area contributed by atoms with Crippen LogP contribution in [0.25, 0.3) is 11.8 Å². The molecule has 1 aliphatic rings. The van der Waals surface area contributed by atoms with Gasteiger partial charge in [0.2, 0.25) is 0 Å². The second-order valence-corrected chi connectivity index (χ2v) is 5.51. The monoisotopic (exact) mass is 340 g/mol. The number of aromatic hydroxyl groups is 1. The van der Waals surface area contributed by atoms with Gasteiger partial charge in [-0.05, 0) is 47.6 Å². The van der Waals surface area contributed by atoms with Crippen LogP contribution < -0.4 is 14.2 Å². The molecule has 1 aliphatic heterocycles. The number of methoxy groups -OCH3 is 3. The molecule has 5 heteroatoms. The fourth-order valence-corrected chi connectivity index (χ4v) is 2.65. The smallest absolute Gasteiger partial charge is 0.161 e. The molecule has 2 aromatic carbocycles. The van der Waals surface area contributed by atoms with Gasteiger partial charge in [0.1, 0.15) is 23.9 Å². The lowest BCUT2D eigenvalue weighted by molar-refractivity contribution is 0.326. The van der Waals surface area contributed by atoms with Crippen LogP contribution in [-0.2, 0) is 4.74 Å². The van der Waals surface area contributed by atoms with Crippen LogP contribution in [0.15, 0.2) is 48.0 Å². The van der Waals surface area contributed by atoms with E-state index in [0.717, 1.165) is 28.2 Å². The maximum Gasteiger partial charge on any atom is 0.161 e. The summed E-state index contributed by atoms with van der Waals surface area (Å²) in [4.78, 5) is 0. The fraction of sp³-hybridized carbons (Fsp3) is 0.200. The maximum atomic E-state index is 9.68. The van der Waals surface area contributed by atoms with Crippen LogP contribution in [0.3, 0.4) is 0 Å². The van der Waals surface area contributed by atoms with Gasteiger partial charge in [0.25, 0.3) is 0 Å². The molecule has 0 aromatic heterocycles. The zero-order valence-electron chi connectivity index (χ0n) is 14.4. The molecule has 0 amide bonds. The van der Waals surface area contributed by atoms with Crippen molar-refractivity contribution in [1.82, 2.24) is 0 Å². The predicted octanol–water partition coefficient (Wildman–Crippen LogP) is 3.87. The summed E-state index contributed by atoms with van der Waals surface area (Å²) in [5, 5.41) is 9.68. The molecule has 0 radical (unpaired) electrons. The van der Waals surface area contributed by atoms with Gasteiger partial charge in [0.15, 0.2) is 11.5 Å². The van der Waals surface area contributed by atoms with Gasteiger partial charge in [0, 0.05) is 6.07 Å². The van der Waals surface area contributed by atoms with E-state index in [1.807, 2.05) is 36.4 Å². The molecule has 0 saturated heterocycles. The number of ether oxygens (including phenoxy) is 4. The molecule has 25 heavy (non-hydrogen) atoms. The minimum atomic E-state index is 0.117. The lowest BCUT2D eigenvalue weighted by Crippen LogP contribution is -1.94. The molecule has 0 bridgehead atoms. The van der Waals surface area contributed by atoms with Gasteiger partial charge in [-0.15, -0.1) is 0 Å². The molecule has 0 saturated carbocycles. The minimum absolute atomic E-state index is 0.117. The molecule has 1 heterocycles. The first-order valence-corrected chi connectivity index (χ1v) is 7.79. The third kappa shape index (κ3) is 3.55. The Hall–Kier alpha value is -3.08. The molecular formula is C20H20O5. The molecule has 2 aromatic rings. The Bertz CT molecular complexity index is 836. The average Bonchev–Trinajstić information content (AvgIpc) is 3.10. The SMILES string of the molecule is COc1ccc(C2=CC(=Cc3ccc(O)c(OC)c3)CO2)c(OC)c1. The van der Waals surface area contributed by atoms with Crippen LogP contribution in [0.2, 0.25) is 0 Å². The topological polar surface area (TPSA) is 57.2 Å². The largest absolute Gasteiger partial charge is 0.504 e. The zero-order chi connectivity index (χ0) is 17.8. The number of hydrogen-bond donors (Lipinski definition) is 1. The van der Waals surface area contributed by atoms with Crippen molar-refractivity contribution >= 4 is 11.8 Å². The molecule has 130 valence electrons. The van der Waals surface area contributed by atoms with Crippen molar-refractivity contribution in [3.8, 4) is 23.0 Å². The maximum absolute atomic E-state index is 9.68. The Morgan fingerprint density at radius 2 is 1.76 bits per heavy atom. The molecule has 0 fully saturated rings. The Morgan fingerprint density at radius 3 is 2.48 bits per heavy atom. The van der Waals surface area contributed by atoms with E-state index < -0.39 is 0 Å². The van der Waals surface area contributed by atoms with E-state index in [1.165, 1.54) is 7.11 Å². The van der Waals surface area contributed by atoms with E-state index in [9.17, 15) is 5.11 Å². The summed E-state index contributed by atoms with van der Waals surface area (Å²) < 4.78 is 21.6. The zero-order valence-corrected chi connectivity index (χ0v) is 14.4. The highest BCUT2D eigenvalue weighted by Gasteiger charge is 2.17. The summed E-state index contributed by atoms with van der Waals surface area (Å²) in [6, 6.07) is 10.8. The molecule has 1 N–H and O–H groups in total. The Morgan fingerprint density at radius 1 is 0.960 bits per heavy atom. The van der Waals surface area contributed by atoms with Gasteiger partial charge >= 0.3 is 0 Å². The van der Waals surface area contributed by atoms with Crippen LogP contribution in [0.1, 0.15) is 11.1 Å². The first kappa shape index (κ1) is 16.8. The van der Waals surface area contributed by atoms with E-state index >= 15 is 0 Å². The van der Waals surface area contributed by atoms with Crippen LogP contribution in [0.4, 0.5) is 0 Å². The molecule has 0 spiro atoms. The molecule has 5 nitrogen and oxygen atoms in total. The first-order chi connectivity index (χ1) is 12.1. The predicted molar refractivity (Wildman–Crippen MR) is 96.1 cm³/mol. The molecule has 3 rings (SSSR count). The van der Waals surface area contributed by atoms with Crippen LogP contribution in [0.5, 0.6) is 23.0 Å². The summed E-state index contributed by atoms with van der Waals surface area (Å²) in [6.45, 7) is 0.466. The molecule has 0 atom stereocenters. The summed E-state index contributed by atoms with van der Waals surface area (Å²) in [5.74, 6) is 2.72. The quantitative estimate of drug-likeness (QED) is 0.895. The molecule has 0 unspecified atom stereocenters. The lowest BCUT2D eigenvalue weighted by atomic mass is 10.1. The van der Waals surface area contributed by atoms with Crippen molar-refractivity contribution in [1.29, 1.82) is 0 Å². The third-order valence-electron chi connectivity index (χ3n) is 3.94. The van der Waals surface area contributed by atoms with Crippen molar-refractivity contribution in [2.24, 2.45) is 0 Å². The van der Waals surface area contributed by atoms with Crippen LogP contribution >= 0.6 is 0 Å². The van der Waals surface area contributed by atoms with Gasteiger partial charge in [-0.2, -0.15) is 0 Å². The standard InChI is InChI=1S/C20H20O5/c1-22-15-5-6-16(18(11-15)23-2)19-10-14(12-25-19)8-13-4-7-17(21)20(9-13)24-3/h4-11,21H,12H2,1-3H3. The summed E-state index contributed by atoms with van der Waals surface area (Å²) >= 11 is 0. The van der Waals surface area contributed by atoms with E-state index in [-0.39, 0.29) is 5.75 Å². The van der Waals surface area contributed by atoms with E-state index in [2.05, 4.69) is 0 Å². The van der Waals surface area contributed by atoms with E-state index in [0.29, 0.717) is 18.1 Å². The van der Waals surface area contributed by atoms with Crippen molar-refractivity contribution < 1.29 is 24.1 Å². The summed E-state index contributed by atoms with van der Waals surface area (Å²) in [7, 11) is 4.76. The highest BCUT2D eigenvalue weighted by molar-refractivity contribution is 5.74. The Kier molecular flexibility index (Phi) is 4.84. The van der Waals surface area contributed by atoms with Crippen molar-refractivity contribution in [3.63, 3.8) is 0 Å².